The van der Waals surface area contributed by atoms with E-state index in [0.29, 0.717) is 18.3 Å². The van der Waals surface area contributed by atoms with Crippen molar-refractivity contribution in [3.05, 3.63) is 34.4 Å². The molecule has 1 aromatic carbocycles. The van der Waals surface area contributed by atoms with Crippen LogP contribution in [-0.2, 0) is 9.53 Å². The van der Waals surface area contributed by atoms with Crippen molar-refractivity contribution in [2.24, 2.45) is 5.92 Å². The molecule has 2 saturated heterocycles. The number of esters is 1. The van der Waals surface area contributed by atoms with Gasteiger partial charge in [-0.15, -0.1) is 0 Å². The summed E-state index contributed by atoms with van der Waals surface area (Å²) in [6.45, 7) is 2.14. The van der Waals surface area contributed by atoms with Crippen molar-refractivity contribution in [3.63, 3.8) is 0 Å². The van der Waals surface area contributed by atoms with Crippen molar-refractivity contribution in [2.75, 3.05) is 19.0 Å². The molecule has 1 aromatic rings. The Hall–Kier alpha value is -2.15. The molecular formula is C17H23N3O4. The zero-order valence-electron chi connectivity index (χ0n) is 14.0. The van der Waals surface area contributed by atoms with Crippen LogP contribution in [0, 0.1) is 16.0 Å². The van der Waals surface area contributed by atoms with Crippen molar-refractivity contribution < 1.29 is 14.5 Å². The first-order valence-electron chi connectivity index (χ1n) is 8.41. The number of nitrogens with one attached hydrogen (secondary N) is 1. The number of carbonyl (C=O) groups excluding carboxylic acids is 1. The van der Waals surface area contributed by atoms with Crippen LogP contribution in [0.4, 0.5) is 11.4 Å². The lowest BCUT2D eigenvalue weighted by Gasteiger charge is -2.42. The highest BCUT2D eigenvalue weighted by Crippen LogP contribution is 2.40. The molecular weight excluding hydrogens is 310 g/mol. The number of carbonyl (C=O) groups is 1. The number of hydrogen-bond donors (Lipinski definition) is 1. The Bertz CT molecular complexity index is 636. The minimum absolute atomic E-state index is 0.0304. The normalized spacial score (nSPS) is 29.2. The minimum Gasteiger partial charge on any atom is -0.466 e. The quantitative estimate of drug-likeness (QED) is 0.506. The number of nitrogens with zero attached hydrogens (tertiary/aromatic N) is 2. The fourth-order valence-corrected chi connectivity index (χ4v) is 4.09. The summed E-state index contributed by atoms with van der Waals surface area (Å²) in [4.78, 5) is 25.6. The fraction of sp³-hybridized carbons (Fsp3) is 0.588. The van der Waals surface area contributed by atoms with Crippen molar-refractivity contribution >= 4 is 17.3 Å². The largest absolute Gasteiger partial charge is 0.466 e. The van der Waals surface area contributed by atoms with E-state index in [9.17, 15) is 14.9 Å². The number of likely N-dealkylation sites (N-methyl/N-ethyl adjacent to an activating group) is 1. The molecule has 0 spiro atoms. The highest BCUT2D eigenvalue weighted by Gasteiger charge is 2.49. The summed E-state index contributed by atoms with van der Waals surface area (Å²) in [6.07, 6.45) is 2.76. The number of hydrogen-bond acceptors (Lipinski definition) is 6. The topological polar surface area (TPSA) is 84.7 Å². The van der Waals surface area contributed by atoms with Gasteiger partial charge in [0.1, 0.15) is 5.69 Å². The molecule has 1 N–H and O–H groups in total. The molecule has 7 nitrogen and oxygen atoms in total. The molecule has 4 atom stereocenters. The van der Waals surface area contributed by atoms with E-state index in [1.807, 2.05) is 0 Å². The SMILES string of the molecule is CCOC(=O)C1CC2CCC([C@H]1Nc1ccccc1[N+](=O)[O-])N2C. The zero-order chi connectivity index (χ0) is 17.3. The molecule has 0 radical (unpaired) electrons. The van der Waals surface area contributed by atoms with Gasteiger partial charge in [0.15, 0.2) is 0 Å². The molecule has 2 fully saturated rings. The van der Waals surface area contributed by atoms with E-state index < -0.39 is 4.92 Å². The summed E-state index contributed by atoms with van der Waals surface area (Å²) in [7, 11) is 2.07. The molecule has 2 aliphatic heterocycles. The van der Waals surface area contributed by atoms with Crippen LogP contribution in [0.5, 0.6) is 0 Å². The second kappa shape index (κ2) is 6.76. The molecule has 130 valence electrons. The van der Waals surface area contributed by atoms with Gasteiger partial charge in [-0.1, -0.05) is 12.1 Å². The van der Waals surface area contributed by atoms with Crippen molar-refractivity contribution in [1.29, 1.82) is 0 Å². The van der Waals surface area contributed by atoms with Crippen LogP contribution in [0.3, 0.4) is 0 Å². The van der Waals surface area contributed by atoms with E-state index in [2.05, 4.69) is 17.3 Å². The van der Waals surface area contributed by atoms with Gasteiger partial charge < -0.3 is 10.1 Å². The molecule has 0 amide bonds. The van der Waals surface area contributed by atoms with Crippen molar-refractivity contribution in [3.8, 4) is 0 Å². The van der Waals surface area contributed by atoms with Crippen molar-refractivity contribution in [2.45, 2.75) is 44.3 Å². The standard InChI is InChI=1S/C17H23N3O4/c1-3-24-17(21)12-10-11-8-9-15(19(11)2)16(12)18-13-6-4-5-7-14(13)20(22)23/h4-7,11-12,15-16,18H,3,8-10H2,1-2H3/t11?,12?,15?,16-/m0/s1. The van der Waals surface area contributed by atoms with E-state index in [0.717, 1.165) is 19.3 Å². The second-order valence-corrected chi connectivity index (χ2v) is 6.50. The maximum atomic E-state index is 12.4. The Balaban J connectivity index is 1.90. The predicted molar refractivity (Wildman–Crippen MR) is 89.8 cm³/mol. The number of ether oxygens (including phenoxy) is 1. The van der Waals surface area contributed by atoms with Gasteiger partial charge in [0.2, 0.25) is 0 Å². The third-order valence-corrected chi connectivity index (χ3v) is 5.28. The summed E-state index contributed by atoms with van der Waals surface area (Å²) in [5.41, 5.74) is 0.489. The maximum absolute atomic E-state index is 12.4. The monoisotopic (exact) mass is 333 g/mol. The molecule has 2 heterocycles. The number of nitro groups is 1. The van der Waals surface area contributed by atoms with Crippen LogP contribution >= 0.6 is 0 Å². The Morgan fingerprint density at radius 1 is 1.42 bits per heavy atom. The Morgan fingerprint density at radius 3 is 2.88 bits per heavy atom. The Morgan fingerprint density at radius 2 is 2.17 bits per heavy atom. The smallest absolute Gasteiger partial charge is 0.311 e. The minimum atomic E-state index is -0.397. The Labute approximate surface area is 141 Å². The number of piperidine rings is 1. The van der Waals surface area contributed by atoms with Crippen LogP contribution in [0.15, 0.2) is 24.3 Å². The van der Waals surface area contributed by atoms with E-state index >= 15 is 0 Å². The van der Waals surface area contributed by atoms with Gasteiger partial charge in [0.05, 0.1) is 23.5 Å². The van der Waals surface area contributed by atoms with Crippen LogP contribution in [0.25, 0.3) is 0 Å². The molecule has 3 unspecified atom stereocenters. The molecule has 24 heavy (non-hydrogen) atoms. The predicted octanol–water partition coefficient (Wildman–Crippen LogP) is 2.42. The number of para-hydroxylation sites is 2. The number of fused-ring (bicyclic) bond motifs is 2. The molecule has 0 aromatic heterocycles. The lowest BCUT2D eigenvalue weighted by Crippen LogP contribution is -2.55. The lowest BCUT2D eigenvalue weighted by molar-refractivity contribution is -0.384. The maximum Gasteiger partial charge on any atom is 0.311 e. The molecule has 0 aliphatic carbocycles. The second-order valence-electron chi connectivity index (χ2n) is 6.50. The van der Waals surface area contributed by atoms with Crippen LogP contribution in [0.2, 0.25) is 0 Å². The fourth-order valence-electron chi connectivity index (χ4n) is 4.09. The Kier molecular flexibility index (Phi) is 4.71. The van der Waals surface area contributed by atoms with E-state index in [4.69, 9.17) is 4.74 Å². The molecule has 7 heteroatoms. The molecule has 0 saturated carbocycles. The highest BCUT2D eigenvalue weighted by atomic mass is 16.6. The number of rotatable bonds is 5. The summed E-state index contributed by atoms with van der Waals surface area (Å²) in [5.74, 6) is -0.489. The third-order valence-electron chi connectivity index (χ3n) is 5.28. The zero-order valence-corrected chi connectivity index (χ0v) is 14.0. The first-order valence-corrected chi connectivity index (χ1v) is 8.41. The van der Waals surface area contributed by atoms with E-state index in [-0.39, 0.29) is 29.7 Å². The highest BCUT2D eigenvalue weighted by molar-refractivity contribution is 5.75. The first-order chi connectivity index (χ1) is 11.5. The number of anilines is 1. The molecule has 2 aliphatic rings. The average molecular weight is 333 g/mol. The van der Waals surface area contributed by atoms with Crippen LogP contribution in [-0.4, -0.2) is 47.6 Å². The lowest BCUT2D eigenvalue weighted by atomic mass is 9.85. The van der Waals surface area contributed by atoms with Gasteiger partial charge in [-0.3, -0.25) is 19.8 Å². The third kappa shape index (κ3) is 2.96. The van der Waals surface area contributed by atoms with Gasteiger partial charge in [-0.2, -0.15) is 0 Å². The van der Waals surface area contributed by atoms with Gasteiger partial charge in [0.25, 0.3) is 5.69 Å². The summed E-state index contributed by atoms with van der Waals surface area (Å²) < 4.78 is 5.26. The van der Waals surface area contributed by atoms with E-state index in [1.165, 1.54) is 6.07 Å². The summed E-state index contributed by atoms with van der Waals surface area (Å²) in [5, 5.41) is 14.6. The van der Waals surface area contributed by atoms with Gasteiger partial charge >= 0.3 is 5.97 Å². The summed E-state index contributed by atoms with van der Waals surface area (Å²) in [6, 6.07) is 6.95. The summed E-state index contributed by atoms with van der Waals surface area (Å²) >= 11 is 0. The number of benzene rings is 1. The number of nitro benzene ring substituents is 1. The van der Waals surface area contributed by atoms with Gasteiger partial charge in [-0.05, 0) is 39.3 Å². The molecule has 3 rings (SSSR count). The van der Waals surface area contributed by atoms with Crippen LogP contribution in [0.1, 0.15) is 26.2 Å². The van der Waals surface area contributed by atoms with Gasteiger partial charge in [-0.25, -0.2) is 0 Å². The van der Waals surface area contributed by atoms with Crippen molar-refractivity contribution in [1.82, 2.24) is 4.90 Å². The molecule has 2 bridgehead atoms. The van der Waals surface area contributed by atoms with Crippen LogP contribution < -0.4 is 5.32 Å². The average Bonchev–Trinajstić information content (AvgIpc) is 2.80. The van der Waals surface area contributed by atoms with Gasteiger partial charge in [0, 0.05) is 18.2 Å². The van der Waals surface area contributed by atoms with E-state index in [1.54, 1.807) is 25.1 Å². The first kappa shape index (κ1) is 16.7.